The van der Waals surface area contributed by atoms with Crippen molar-refractivity contribution in [3.63, 3.8) is 0 Å². The standard InChI is InChI=1S/C18H28N2O4S/c1-3-5-15-24-16-7-9-17(10-8-16)25(22,23)20-13-11-19(12-14-20)18(21)6-4-2/h7-10H,3-6,11-15H2,1-2H3. The molecule has 1 amide bonds. The molecule has 1 saturated heterocycles. The van der Waals surface area contributed by atoms with Crippen molar-refractivity contribution in [2.45, 2.75) is 44.4 Å². The molecule has 140 valence electrons. The molecule has 1 aromatic carbocycles. The second kappa shape index (κ2) is 9.20. The molecule has 0 aromatic heterocycles. The van der Waals surface area contributed by atoms with Gasteiger partial charge in [-0.05, 0) is 37.1 Å². The van der Waals surface area contributed by atoms with Gasteiger partial charge in [0.25, 0.3) is 0 Å². The number of hydrogen-bond acceptors (Lipinski definition) is 4. The molecular weight excluding hydrogens is 340 g/mol. The van der Waals surface area contributed by atoms with E-state index in [2.05, 4.69) is 6.92 Å². The summed E-state index contributed by atoms with van der Waals surface area (Å²) in [7, 11) is -3.53. The summed E-state index contributed by atoms with van der Waals surface area (Å²) in [6, 6.07) is 6.57. The zero-order valence-corrected chi connectivity index (χ0v) is 15.9. The number of unbranched alkanes of at least 4 members (excludes halogenated alkanes) is 1. The minimum absolute atomic E-state index is 0.105. The van der Waals surface area contributed by atoms with E-state index >= 15 is 0 Å². The van der Waals surface area contributed by atoms with Gasteiger partial charge in [0.2, 0.25) is 15.9 Å². The maximum absolute atomic E-state index is 12.7. The predicted octanol–water partition coefficient (Wildman–Crippen LogP) is 2.50. The van der Waals surface area contributed by atoms with Gasteiger partial charge in [0.05, 0.1) is 11.5 Å². The number of nitrogens with zero attached hydrogens (tertiary/aromatic N) is 2. The van der Waals surface area contributed by atoms with Gasteiger partial charge in [-0.2, -0.15) is 4.31 Å². The van der Waals surface area contributed by atoms with E-state index in [9.17, 15) is 13.2 Å². The van der Waals surface area contributed by atoms with Crippen molar-refractivity contribution in [1.82, 2.24) is 9.21 Å². The lowest BCUT2D eigenvalue weighted by molar-refractivity contribution is -0.132. The van der Waals surface area contributed by atoms with Crippen LogP contribution < -0.4 is 4.74 Å². The highest BCUT2D eigenvalue weighted by atomic mass is 32.2. The first kappa shape index (κ1) is 19.7. The number of benzene rings is 1. The molecule has 2 rings (SSSR count). The zero-order chi connectivity index (χ0) is 18.3. The van der Waals surface area contributed by atoms with Gasteiger partial charge in [-0.15, -0.1) is 0 Å². The van der Waals surface area contributed by atoms with E-state index in [0.29, 0.717) is 45.0 Å². The molecule has 1 heterocycles. The third-order valence-electron chi connectivity index (χ3n) is 4.28. The lowest BCUT2D eigenvalue weighted by Gasteiger charge is -2.34. The zero-order valence-electron chi connectivity index (χ0n) is 15.1. The molecule has 25 heavy (non-hydrogen) atoms. The Labute approximate surface area is 150 Å². The Morgan fingerprint density at radius 3 is 2.24 bits per heavy atom. The highest BCUT2D eigenvalue weighted by Crippen LogP contribution is 2.21. The average Bonchev–Trinajstić information content (AvgIpc) is 2.63. The number of ether oxygens (including phenoxy) is 1. The van der Waals surface area contributed by atoms with Crippen LogP contribution in [0.1, 0.15) is 39.5 Å². The minimum Gasteiger partial charge on any atom is -0.494 e. The maximum atomic E-state index is 12.7. The first-order valence-electron chi connectivity index (χ1n) is 8.99. The van der Waals surface area contributed by atoms with Gasteiger partial charge in [0.15, 0.2) is 0 Å². The molecule has 6 nitrogen and oxygen atoms in total. The Balaban J connectivity index is 1.96. The number of amides is 1. The highest BCUT2D eigenvalue weighted by molar-refractivity contribution is 7.89. The van der Waals surface area contributed by atoms with Gasteiger partial charge in [0, 0.05) is 32.6 Å². The second-order valence-corrected chi connectivity index (χ2v) is 8.15. The Morgan fingerprint density at radius 2 is 1.68 bits per heavy atom. The molecule has 1 aliphatic heterocycles. The number of sulfonamides is 1. The monoisotopic (exact) mass is 368 g/mol. The first-order valence-corrected chi connectivity index (χ1v) is 10.4. The van der Waals surface area contributed by atoms with E-state index < -0.39 is 10.0 Å². The van der Waals surface area contributed by atoms with Crippen LogP contribution in [0.5, 0.6) is 5.75 Å². The minimum atomic E-state index is -3.53. The highest BCUT2D eigenvalue weighted by Gasteiger charge is 2.29. The molecule has 7 heteroatoms. The van der Waals surface area contributed by atoms with Crippen molar-refractivity contribution in [1.29, 1.82) is 0 Å². The number of carbonyl (C=O) groups is 1. The molecule has 1 aliphatic rings. The molecule has 1 fully saturated rings. The number of rotatable bonds is 8. The quantitative estimate of drug-likeness (QED) is 0.661. The van der Waals surface area contributed by atoms with Crippen molar-refractivity contribution in [3.05, 3.63) is 24.3 Å². The Kier molecular flexibility index (Phi) is 7.25. The van der Waals surface area contributed by atoms with Crippen LogP contribution in [0.15, 0.2) is 29.2 Å². The first-order chi connectivity index (χ1) is 12.0. The van der Waals surface area contributed by atoms with Gasteiger partial charge >= 0.3 is 0 Å². The van der Waals surface area contributed by atoms with Gasteiger partial charge in [0.1, 0.15) is 5.75 Å². The third-order valence-corrected chi connectivity index (χ3v) is 6.20. The van der Waals surface area contributed by atoms with Crippen molar-refractivity contribution in [2.75, 3.05) is 32.8 Å². The molecule has 0 unspecified atom stereocenters. The molecular formula is C18H28N2O4S. The SMILES string of the molecule is CCCCOc1ccc(S(=O)(=O)N2CCN(C(=O)CCC)CC2)cc1. The Bertz CT molecular complexity index is 650. The van der Waals surface area contributed by atoms with E-state index in [1.807, 2.05) is 6.92 Å². The summed E-state index contributed by atoms with van der Waals surface area (Å²) in [6.07, 6.45) is 3.36. The smallest absolute Gasteiger partial charge is 0.243 e. The molecule has 0 bridgehead atoms. The Morgan fingerprint density at radius 1 is 1.04 bits per heavy atom. The molecule has 1 aromatic rings. The summed E-state index contributed by atoms with van der Waals surface area (Å²) < 4.78 is 32.5. The normalized spacial score (nSPS) is 16.0. The maximum Gasteiger partial charge on any atom is 0.243 e. The molecule has 0 radical (unpaired) electrons. The fourth-order valence-electron chi connectivity index (χ4n) is 2.74. The van der Waals surface area contributed by atoms with Crippen LogP contribution >= 0.6 is 0 Å². The van der Waals surface area contributed by atoms with E-state index in [-0.39, 0.29) is 10.8 Å². The van der Waals surface area contributed by atoms with Crippen molar-refractivity contribution in [3.8, 4) is 5.75 Å². The number of carbonyl (C=O) groups excluding carboxylic acids is 1. The summed E-state index contributed by atoms with van der Waals surface area (Å²) in [5, 5.41) is 0. The summed E-state index contributed by atoms with van der Waals surface area (Å²) in [5.41, 5.74) is 0. The lowest BCUT2D eigenvalue weighted by atomic mass is 10.2. The number of piperazine rings is 1. The fraction of sp³-hybridized carbons (Fsp3) is 0.611. The van der Waals surface area contributed by atoms with Crippen molar-refractivity contribution < 1.29 is 17.9 Å². The van der Waals surface area contributed by atoms with Gasteiger partial charge in [-0.1, -0.05) is 20.3 Å². The van der Waals surface area contributed by atoms with E-state index in [4.69, 9.17) is 4.74 Å². The largest absolute Gasteiger partial charge is 0.494 e. The summed E-state index contributed by atoms with van der Waals surface area (Å²) in [6.45, 7) is 6.28. The summed E-state index contributed by atoms with van der Waals surface area (Å²) in [4.78, 5) is 13.9. The van der Waals surface area contributed by atoms with Crippen LogP contribution in [-0.2, 0) is 14.8 Å². The Hall–Kier alpha value is -1.60. The molecule has 0 N–H and O–H groups in total. The molecule has 0 aliphatic carbocycles. The van der Waals surface area contributed by atoms with Crippen molar-refractivity contribution >= 4 is 15.9 Å². The van der Waals surface area contributed by atoms with E-state index in [1.165, 1.54) is 4.31 Å². The lowest BCUT2D eigenvalue weighted by Crippen LogP contribution is -2.50. The average molecular weight is 368 g/mol. The molecule has 0 spiro atoms. The van der Waals surface area contributed by atoms with Crippen LogP contribution in [0, 0.1) is 0 Å². The van der Waals surface area contributed by atoms with Crippen LogP contribution in [0.3, 0.4) is 0 Å². The summed E-state index contributed by atoms with van der Waals surface area (Å²) >= 11 is 0. The third kappa shape index (κ3) is 5.19. The van der Waals surface area contributed by atoms with E-state index in [1.54, 1.807) is 29.2 Å². The second-order valence-electron chi connectivity index (χ2n) is 6.21. The van der Waals surface area contributed by atoms with Gasteiger partial charge in [-0.3, -0.25) is 4.79 Å². The fourth-order valence-corrected chi connectivity index (χ4v) is 4.16. The van der Waals surface area contributed by atoms with Crippen molar-refractivity contribution in [2.24, 2.45) is 0 Å². The topological polar surface area (TPSA) is 66.9 Å². The van der Waals surface area contributed by atoms with Gasteiger partial charge < -0.3 is 9.64 Å². The molecule has 0 saturated carbocycles. The van der Waals surface area contributed by atoms with E-state index in [0.717, 1.165) is 19.3 Å². The number of hydrogen-bond donors (Lipinski definition) is 0. The van der Waals surface area contributed by atoms with Crippen LogP contribution in [-0.4, -0.2) is 56.3 Å². The van der Waals surface area contributed by atoms with Crippen LogP contribution in [0.2, 0.25) is 0 Å². The van der Waals surface area contributed by atoms with Crippen LogP contribution in [0.25, 0.3) is 0 Å². The molecule has 0 atom stereocenters. The van der Waals surface area contributed by atoms with Gasteiger partial charge in [-0.25, -0.2) is 8.42 Å². The predicted molar refractivity (Wildman–Crippen MR) is 97.1 cm³/mol. The van der Waals surface area contributed by atoms with Crippen LogP contribution in [0.4, 0.5) is 0 Å². The summed E-state index contributed by atoms with van der Waals surface area (Å²) in [5.74, 6) is 0.788.